The van der Waals surface area contributed by atoms with Gasteiger partial charge in [-0.15, -0.1) is 11.3 Å². The number of nitrogens with one attached hydrogen (secondary N) is 2. The molecule has 5 atom stereocenters. The number of aliphatic hydroxyl groups excluding tert-OH is 3. The lowest BCUT2D eigenvalue weighted by Crippen LogP contribution is -2.36. The third kappa shape index (κ3) is 4.55. The summed E-state index contributed by atoms with van der Waals surface area (Å²) in [5.41, 5.74) is 2.39. The molecule has 2 aromatic heterocycles. The maximum atomic E-state index is 10.5. The summed E-state index contributed by atoms with van der Waals surface area (Å²) in [4.78, 5) is 14.1. The molecule has 1 saturated carbocycles. The Hall–Kier alpha value is -2.37. The molecule has 0 aliphatic heterocycles. The monoisotopic (exact) mass is 459 g/mol. The van der Waals surface area contributed by atoms with E-state index in [0.29, 0.717) is 24.8 Å². The Morgan fingerprint density at radius 3 is 2.66 bits per heavy atom. The maximum Gasteiger partial charge on any atom is 0.225 e. The number of hydrogen-bond donors (Lipinski definition) is 5. The van der Waals surface area contributed by atoms with Gasteiger partial charge in [-0.3, -0.25) is 0 Å². The minimum atomic E-state index is -1.02. The number of anilines is 2. The van der Waals surface area contributed by atoms with Gasteiger partial charge in [0.05, 0.1) is 40.2 Å². The topological polar surface area (TPSA) is 133 Å². The molecule has 4 rings (SSSR count). The van der Waals surface area contributed by atoms with Gasteiger partial charge in [0, 0.05) is 25.7 Å². The SMILES string of the molecule is COC[C@H](C)Nc1nc(C)c(-c2nc3ccccc3s2)c(N[C@@H]2C[C@H](CO)[C@@H](O)[C@H]2O)n1. The molecule has 0 spiro atoms. The van der Waals surface area contributed by atoms with Crippen LogP contribution in [0, 0.1) is 12.8 Å². The van der Waals surface area contributed by atoms with E-state index >= 15 is 0 Å². The van der Waals surface area contributed by atoms with Crippen molar-refractivity contribution in [3.05, 3.63) is 30.0 Å². The molecule has 32 heavy (non-hydrogen) atoms. The number of benzene rings is 1. The van der Waals surface area contributed by atoms with Crippen molar-refractivity contribution in [3.8, 4) is 10.6 Å². The summed E-state index contributed by atoms with van der Waals surface area (Å²) in [7, 11) is 1.64. The number of hydrogen-bond acceptors (Lipinski definition) is 10. The van der Waals surface area contributed by atoms with E-state index in [1.165, 1.54) is 0 Å². The van der Waals surface area contributed by atoms with Gasteiger partial charge < -0.3 is 30.7 Å². The van der Waals surface area contributed by atoms with Crippen LogP contribution in [0.25, 0.3) is 20.8 Å². The molecule has 172 valence electrons. The smallest absolute Gasteiger partial charge is 0.225 e. The van der Waals surface area contributed by atoms with Gasteiger partial charge in [-0.2, -0.15) is 4.98 Å². The fourth-order valence-corrected chi connectivity index (χ4v) is 5.18. The number of para-hydroxylation sites is 1. The first-order chi connectivity index (χ1) is 15.4. The lowest BCUT2D eigenvalue weighted by atomic mass is 10.1. The summed E-state index contributed by atoms with van der Waals surface area (Å²) in [6.45, 7) is 4.18. The molecule has 1 fully saturated rings. The van der Waals surface area contributed by atoms with Crippen molar-refractivity contribution in [2.75, 3.05) is 31.0 Å². The molecule has 1 aliphatic carbocycles. The number of aromatic nitrogens is 3. The highest BCUT2D eigenvalue weighted by molar-refractivity contribution is 7.21. The molecule has 9 nitrogen and oxygen atoms in total. The largest absolute Gasteiger partial charge is 0.396 e. The number of ether oxygens (including phenoxy) is 1. The van der Waals surface area contributed by atoms with Crippen LogP contribution in [0.1, 0.15) is 19.0 Å². The van der Waals surface area contributed by atoms with Crippen molar-refractivity contribution >= 4 is 33.3 Å². The van der Waals surface area contributed by atoms with Crippen molar-refractivity contribution < 1.29 is 20.1 Å². The average Bonchev–Trinajstić information content (AvgIpc) is 3.29. The van der Waals surface area contributed by atoms with E-state index in [1.54, 1.807) is 18.4 Å². The van der Waals surface area contributed by atoms with E-state index in [-0.39, 0.29) is 12.6 Å². The quantitative estimate of drug-likeness (QED) is 0.343. The summed E-state index contributed by atoms with van der Waals surface area (Å²) in [6.07, 6.45) is -1.59. The van der Waals surface area contributed by atoms with Gasteiger partial charge in [-0.25, -0.2) is 9.97 Å². The summed E-state index contributed by atoms with van der Waals surface area (Å²) in [5.74, 6) is 0.570. The molecular weight excluding hydrogens is 430 g/mol. The first kappa shape index (κ1) is 22.8. The highest BCUT2D eigenvalue weighted by Crippen LogP contribution is 2.38. The fraction of sp³-hybridized carbons (Fsp3) is 0.500. The molecule has 1 aliphatic rings. The first-order valence-electron chi connectivity index (χ1n) is 10.6. The van der Waals surface area contributed by atoms with Crippen molar-refractivity contribution in [2.45, 2.75) is 44.6 Å². The van der Waals surface area contributed by atoms with Crippen LogP contribution in [0.3, 0.4) is 0 Å². The third-order valence-corrected chi connectivity index (χ3v) is 6.80. The van der Waals surface area contributed by atoms with Gasteiger partial charge >= 0.3 is 0 Å². The van der Waals surface area contributed by atoms with E-state index in [4.69, 9.17) is 14.7 Å². The Labute approximate surface area is 190 Å². The predicted octanol–water partition coefficient (Wildman–Crippen LogP) is 2.02. The van der Waals surface area contributed by atoms with Crippen LogP contribution in [-0.2, 0) is 4.74 Å². The number of thiazole rings is 1. The van der Waals surface area contributed by atoms with Gasteiger partial charge in [0.2, 0.25) is 5.95 Å². The van der Waals surface area contributed by atoms with Gasteiger partial charge in [0.1, 0.15) is 16.9 Å². The zero-order valence-electron chi connectivity index (χ0n) is 18.3. The Morgan fingerprint density at radius 1 is 1.19 bits per heavy atom. The predicted molar refractivity (Wildman–Crippen MR) is 125 cm³/mol. The second-order valence-electron chi connectivity index (χ2n) is 8.25. The lowest BCUT2D eigenvalue weighted by Gasteiger charge is -2.22. The van der Waals surface area contributed by atoms with Crippen LogP contribution in [-0.4, -0.2) is 74.9 Å². The normalized spacial score (nSPS) is 24.1. The van der Waals surface area contributed by atoms with E-state index in [2.05, 4.69) is 15.6 Å². The number of aryl methyl sites for hydroxylation is 1. The van der Waals surface area contributed by atoms with Crippen LogP contribution in [0.4, 0.5) is 11.8 Å². The van der Waals surface area contributed by atoms with Crippen molar-refractivity contribution in [1.29, 1.82) is 0 Å². The highest BCUT2D eigenvalue weighted by Gasteiger charge is 2.41. The lowest BCUT2D eigenvalue weighted by molar-refractivity contribution is 0.00446. The van der Waals surface area contributed by atoms with Gasteiger partial charge in [-0.05, 0) is 32.4 Å². The van der Waals surface area contributed by atoms with Crippen molar-refractivity contribution in [2.24, 2.45) is 5.92 Å². The Kier molecular flexibility index (Phi) is 6.87. The Balaban J connectivity index is 1.74. The molecule has 0 radical (unpaired) electrons. The molecular formula is C22H29N5O4S. The molecule has 5 N–H and O–H groups in total. The maximum absolute atomic E-state index is 10.5. The van der Waals surface area contributed by atoms with Crippen LogP contribution in [0.2, 0.25) is 0 Å². The van der Waals surface area contributed by atoms with Crippen molar-refractivity contribution in [3.63, 3.8) is 0 Å². The summed E-state index contributed by atoms with van der Waals surface area (Å²) >= 11 is 1.55. The molecule has 3 aromatic rings. The Morgan fingerprint density at radius 2 is 1.97 bits per heavy atom. The summed E-state index contributed by atoms with van der Waals surface area (Å²) in [6, 6.07) is 7.44. The van der Waals surface area contributed by atoms with Crippen LogP contribution in [0.5, 0.6) is 0 Å². The van der Waals surface area contributed by atoms with Crippen molar-refractivity contribution in [1.82, 2.24) is 15.0 Å². The number of rotatable bonds is 8. The zero-order chi connectivity index (χ0) is 22.8. The molecule has 0 bridgehead atoms. The van der Waals surface area contributed by atoms with E-state index in [9.17, 15) is 15.3 Å². The van der Waals surface area contributed by atoms with E-state index < -0.39 is 24.2 Å². The fourth-order valence-electron chi connectivity index (χ4n) is 4.11. The van der Waals surface area contributed by atoms with E-state index in [1.807, 2.05) is 38.1 Å². The van der Waals surface area contributed by atoms with Crippen LogP contribution < -0.4 is 10.6 Å². The minimum Gasteiger partial charge on any atom is -0.396 e. The molecule has 2 heterocycles. The zero-order valence-corrected chi connectivity index (χ0v) is 19.1. The average molecular weight is 460 g/mol. The molecule has 0 saturated heterocycles. The molecule has 0 unspecified atom stereocenters. The molecule has 1 aromatic carbocycles. The minimum absolute atomic E-state index is 0.00165. The number of nitrogens with zero attached hydrogens (tertiary/aromatic N) is 3. The van der Waals surface area contributed by atoms with Crippen LogP contribution >= 0.6 is 11.3 Å². The van der Waals surface area contributed by atoms with Crippen LogP contribution in [0.15, 0.2) is 24.3 Å². The highest BCUT2D eigenvalue weighted by atomic mass is 32.1. The number of fused-ring (bicyclic) bond motifs is 1. The third-order valence-electron chi connectivity index (χ3n) is 5.75. The number of aliphatic hydroxyl groups is 3. The second-order valence-corrected chi connectivity index (χ2v) is 9.28. The van der Waals surface area contributed by atoms with Gasteiger partial charge in [0.25, 0.3) is 0 Å². The van der Waals surface area contributed by atoms with E-state index in [0.717, 1.165) is 26.5 Å². The summed E-state index contributed by atoms with van der Waals surface area (Å²) < 4.78 is 6.25. The first-order valence-corrected chi connectivity index (χ1v) is 11.5. The van der Waals surface area contributed by atoms with Gasteiger partial charge in [0.15, 0.2) is 0 Å². The second kappa shape index (κ2) is 9.63. The Bertz CT molecular complexity index is 1040. The summed E-state index contributed by atoms with van der Waals surface area (Å²) in [5, 5.41) is 37.6. The molecule has 0 amide bonds. The van der Waals surface area contributed by atoms with Gasteiger partial charge in [-0.1, -0.05) is 12.1 Å². The number of methoxy groups -OCH3 is 1. The molecule has 10 heteroatoms. The standard InChI is InChI=1S/C22H29N5O4S/c1-11(10-31-3)23-22-24-12(2)17(21-26-14-6-4-5-7-16(14)32-21)20(27-22)25-15-8-13(9-28)18(29)19(15)30/h4-7,11,13,15,18-19,28-30H,8-10H2,1-3H3,(H2,23,24,25,27)/t11-,13+,15+,18+,19-/m0/s1.